The lowest BCUT2D eigenvalue weighted by Gasteiger charge is -2.11. The number of nitrogens with one attached hydrogen (secondary N) is 3. The Morgan fingerprint density at radius 1 is 1.29 bits per heavy atom. The van der Waals surface area contributed by atoms with E-state index in [1.165, 1.54) is 32.5 Å². The Balaban J connectivity index is 2.28. The molecule has 0 unspecified atom stereocenters. The van der Waals surface area contributed by atoms with Gasteiger partial charge in [-0.1, -0.05) is 11.6 Å². The van der Waals surface area contributed by atoms with Crippen LogP contribution < -0.4 is 15.1 Å². The summed E-state index contributed by atoms with van der Waals surface area (Å²) in [6, 6.07) is 2.73. The minimum Gasteiger partial charge on any atom is -0.496 e. The maximum Gasteiger partial charge on any atom is 0.346 e. The SMILES string of the molecule is CNS(=O)(=O)c1cc(-c2nc3[nH]c(=O)ncc3[nH]2)c(OC)cc1Cl. The monoisotopic (exact) mass is 369 g/mol. The lowest BCUT2D eigenvalue weighted by Crippen LogP contribution is -2.19. The van der Waals surface area contributed by atoms with E-state index < -0.39 is 15.7 Å². The Labute approximate surface area is 141 Å². The summed E-state index contributed by atoms with van der Waals surface area (Å²) in [4.78, 5) is 24.4. The molecule has 2 aromatic heterocycles. The molecule has 3 rings (SSSR count). The Hall–Kier alpha value is -2.43. The molecule has 11 heteroatoms. The number of sulfonamides is 1. The molecule has 0 fully saturated rings. The highest BCUT2D eigenvalue weighted by Crippen LogP contribution is 2.35. The van der Waals surface area contributed by atoms with Gasteiger partial charge in [0.1, 0.15) is 22.0 Å². The van der Waals surface area contributed by atoms with E-state index in [4.69, 9.17) is 16.3 Å². The molecule has 0 atom stereocenters. The topological polar surface area (TPSA) is 130 Å². The largest absolute Gasteiger partial charge is 0.496 e. The number of hydrogen-bond donors (Lipinski definition) is 3. The van der Waals surface area contributed by atoms with Crippen LogP contribution in [0.25, 0.3) is 22.6 Å². The van der Waals surface area contributed by atoms with Gasteiger partial charge in [-0.3, -0.25) is 4.98 Å². The summed E-state index contributed by atoms with van der Waals surface area (Å²) in [5.41, 5.74) is 0.606. The van der Waals surface area contributed by atoms with E-state index in [1.807, 2.05) is 0 Å². The molecule has 0 bridgehead atoms. The molecule has 0 saturated carbocycles. The maximum absolute atomic E-state index is 12.1. The van der Waals surface area contributed by atoms with Gasteiger partial charge >= 0.3 is 5.69 Å². The molecule has 0 amide bonds. The first-order chi connectivity index (χ1) is 11.4. The highest BCUT2D eigenvalue weighted by atomic mass is 35.5. The molecule has 9 nitrogen and oxygen atoms in total. The quantitative estimate of drug-likeness (QED) is 0.626. The van der Waals surface area contributed by atoms with Crippen LogP contribution in [0.1, 0.15) is 0 Å². The molecule has 1 aromatic carbocycles. The molecule has 0 aliphatic carbocycles. The number of ether oxygens (including phenoxy) is 1. The fourth-order valence-electron chi connectivity index (χ4n) is 2.16. The first-order valence-corrected chi connectivity index (χ1v) is 8.48. The van der Waals surface area contributed by atoms with E-state index in [9.17, 15) is 13.2 Å². The summed E-state index contributed by atoms with van der Waals surface area (Å²) >= 11 is 6.04. The van der Waals surface area contributed by atoms with E-state index in [-0.39, 0.29) is 9.92 Å². The van der Waals surface area contributed by atoms with Gasteiger partial charge in [-0.15, -0.1) is 0 Å². The molecular weight excluding hydrogens is 358 g/mol. The lowest BCUT2D eigenvalue weighted by atomic mass is 10.2. The number of nitrogens with zero attached hydrogens (tertiary/aromatic N) is 2. The number of aromatic amines is 2. The van der Waals surface area contributed by atoms with E-state index in [2.05, 4.69) is 24.7 Å². The van der Waals surface area contributed by atoms with E-state index in [0.717, 1.165) is 0 Å². The highest BCUT2D eigenvalue weighted by molar-refractivity contribution is 7.89. The van der Waals surface area contributed by atoms with Crippen molar-refractivity contribution >= 4 is 32.8 Å². The zero-order chi connectivity index (χ0) is 17.5. The summed E-state index contributed by atoms with van der Waals surface area (Å²) in [5.74, 6) is 0.624. The van der Waals surface area contributed by atoms with Gasteiger partial charge < -0.3 is 9.72 Å². The summed E-state index contributed by atoms with van der Waals surface area (Å²) < 4.78 is 31.7. The van der Waals surface area contributed by atoms with Crippen LogP contribution >= 0.6 is 11.6 Å². The van der Waals surface area contributed by atoms with Crippen LogP contribution in [0, 0.1) is 0 Å². The second-order valence-corrected chi connectivity index (χ2v) is 6.99. The fraction of sp³-hybridized carbons (Fsp3) is 0.154. The molecule has 126 valence electrons. The van der Waals surface area contributed by atoms with Crippen LogP contribution in [0.3, 0.4) is 0 Å². The van der Waals surface area contributed by atoms with Crippen LogP contribution in [0.5, 0.6) is 5.75 Å². The van der Waals surface area contributed by atoms with E-state index in [0.29, 0.717) is 28.3 Å². The van der Waals surface area contributed by atoms with Gasteiger partial charge in [-0.05, 0) is 13.1 Å². The Kier molecular flexibility index (Phi) is 4.03. The third-order valence-electron chi connectivity index (χ3n) is 3.34. The molecule has 3 N–H and O–H groups in total. The summed E-state index contributed by atoms with van der Waals surface area (Å²) in [5, 5.41) is 0.0103. The molecule has 0 spiro atoms. The highest BCUT2D eigenvalue weighted by Gasteiger charge is 2.21. The number of hydrogen-bond acceptors (Lipinski definition) is 6. The third kappa shape index (κ3) is 2.75. The number of rotatable bonds is 4. The standard InChI is InChI=1S/C13H12ClN5O4S/c1-15-24(21,22)10-3-6(9(23-2)4-7(10)14)11-17-8-5-16-13(20)19-12(8)18-11/h3-5,15H,1-2H3,(H2,16,17,18,19,20). The van der Waals surface area contributed by atoms with Crippen molar-refractivity contribution in [1.29, 1.82) is 0 Å². The molecule has 24 heavy (non-hydrogen) atoms. The zero-order valence-corrected chi connectivity index (χ0v) is 14.1. The van der Waals surface area contributed by atoms with Crippen molar-refractivity contribution in [3.05, 3.63) is 33.8 Å². The molecule has 2 heterocycles. The van der Waals surface area contributed by atoms with Crippen LogP contribution in [0.4, 0.5) is 0 Å². The van der Waals surface area contributed by atoms with Crippen molar-refractivity contribution in [2.45, 2.75) is 4.90 Å². The summed E-state index contributed by atoms with van der Waals surface area (Å²) in [7, 11) is -1.06. The van der Waals surface area contributed by atoms with Crippen LogP contribution in [0.2, 0.25) is 5.02 Å². The first-order valence-electron chi connectivity index (χ1n) is 6.62. The third-order valence-corrected chi connectivity index (χ3v) is 5.21. The van der Waals surface area contributed by atoms with Crippen molar-refractivity contribution in [2.24, 2.45) is 0 Å². The number of H-pyrrole nitrogens is 2. The lowest BCUT2D eigenvalue weighted by molar-refractivity contribution is 0.416. The Morgan fingerprint density at radius 3 is 2.71 bits per heavy atom. The predicted molar refractivity (Wildman–Crippen MR) is 87.8 cm³/mol. The molecular formula is C13H12ClN5O4S. The molecule has 0 aliphatic rings. The second-order valence-electron chi connectivity index (χ2n) is 4.73. The fourth-order valence-corrected chi connectivity index (χ4v) is 3.43. The average Bonchev–Trinajstić information content (AvgIpc) is 2.96. The van der Waals surface area contributed by atoms with Crippen molar-refractivity contribution in [3.63, 3.8) is 0 Å². The van der Waals surface area contributed by atoms with E-state index in [1.54, 1.807) is 0 Å². The molecule has 0 radical (unpaired) electrons. The Bertz CT molecular complexity index is 1090. The second kappa shape index (κ2) is 5.89. The van der Waals surface area contributed by atoms with Gasteiger partial charge in [0.2, 0.25) is 10.0 Å². The minimum absolute atomic E-state index is 0.0103. The smallest absolute Gasteiger partial charge is 0.346 e. The van der Waals surface area contributed by atoms with Crippen LogP contribution in [0.15, 0.2) is 28.0 Å². The number of imidazole rings is 1. The number of halogens is 1. The van der Waals surface area contributed by atoms with Crippen molar-refractivity contribution in [2.75, 3.05) is 14.2 Å². The molecule has 0 aliphatic heterocycles. The van der Waals surface area contributed by atoms with Crippen molar-refractivity contribution in [3.8, 4) is 17.1 Å². The Morgan fingerprint density at radius 2 is 2.04 bits per heavy atom. The number of aromatic nitrogens is 4. The van der Waals surface area contributed by atoms with Crippen LogP contribution in [-0.4, -0.2) is 42.5 Å². The van der Waals surface area contributed by atoms with Gasteiger partial charge in [-0.25, -0.2) is 22.9 Å². The minimum atomic E-state index is -3.77. The van der Waals surface area contributed by atoms with Gasteiger partial charge in [0.25, 0.3) is 0 Å². The van der Waals surface area contributed by atoms with Crippen LogP contribution in [-0.2, 0) is 10.0 Å². The zero-order valence-electron chi connectivity index (χ0n) is 12.5. The van der Waals surface area contributed by atoms with Gasteiger partial charge in [0.05, 0.1) is 23.9 Å². The van der Waals surface area contributed by atoms with Crippen molar-refractivity contribution in [1.82, 2.24) is 24.7 Å². The van der Waals surface area contributed by atoms with Gasteiger partial charge in [0, 0.05) is 6.07 Å². The summed E-state index contributed by atoms with van der Waals surface area (Å²) in [6.07, 6.45) is 1.33. The average molecular weight is 370 g/mol. The van der Waals surface area contributed by atoms with E-state index >= 15 is 0 Å². The summed E-state index contributed by atoms with van der Waals surface area (Å²) in [6.45, 7) is 0. The van der Waals surface area contributed by atoms with Gasteiger partial charge in [0.15, 0.2) is 5.65 Å². The molecule has 0 saturated heterocycles. The molecule has 3 aromatic rings. The van der Waals surface area contributed by atoms with Gasteiger partial charge in [-0.2, -0.15) is 4.98 Å². The number of benzene rings is 1. The maximum atomic E-state index is 12.1. The predicted octanol–water partition coefficient (Wildman–Crippen LogP) is 0.883. The first kappa shape index (κ1) is 16.4. The van der Waals surface area contributed by atoms with Crippen molar-refractivity contribution < 1.29 is 13.2 Å². The normalized spacial score (nSPS) is 11.8. The number of fused-ring (bicyclic) bond motifs is 1. The number of methoxy groups -OCH3 is 1.